The van der Waals surface area contributed by atoms with Gasteiger partial charge in [-0.2, -0.15) is 29.9 Å². The maximum Gasteiger partial charge on any atom is 0.327 e. The molecule has 0 bridgehead atoms. The normalized spacial score (nSPS) is 13.8. The van der Waals surface area contributed by atoms with Gasteiger partial charge in [0.1, 0.15) is 94.5 Å². The number of hydrogen-bond donors (Lipinski definition) is 0. The fourth-order valence-electron chi connectivity index (χ4n) is 6.48. The number of nitrogens with zero attached hydrogens (tertiary/aromatic N) is 15. The van der Waals surface area contributed by atoms with Gasteiger partial charge in [-0.1, -0.05) is 30.3 Å². The van der Waals surface area contributed by atoms with Gasteiger partial charge in [0.25, 0.3) is 0 Å². The summed E-state index contributed by atoms with van der Waals surface area (Å²) < 4.78 is 51.5. The highest BCUT2D eigenvalue weighted by molar-refractivity contribution is 5.85. The first kappa shape index (κ1) is 70.1. The SMILES string of the molecule is C=O.C=O.C=O.C=O.COCN(COC)c1nc(-c2ccccc2)nc(N(C)C)n1.COCN(COC)c1nc(N(C)C)nc(N(COC)COC)n1.COCN1C(=O)N(COC)C2C1N(COC)C(=O)N2COC. The molecule has 5 rings (SSSR count). The van der Waals surface area contributed by atoms with Crippen LogP contribution >= 0.6 is 0 Å². The Morgan fingerprint density at radius 2 is 0.627 bits per heavy atom. The zero-order valence-electron chi connectivity index (χ0n) is 45.7. The maximum atomic E-state index is 12.6. The molecule has 0 unspecified atom stereocenters. The Bertz CT molecular complexity index is 1850. The van der Waals surface area contributed by atoms with E-state index in [1.165, 1.54) is 48.0 Å². The van der Waals surface area contributed by atoms with Gasteiger partial charge in [-0.15, -0.1) is 0 Å². The standard InChI is InChI=1S/C15H21N5O2.C13H26N6O4.C12H22N4O6.4CH2O/c1-19(2)14-16-13(12-8-6-5-7-9-12)17-15(18-14)20(10-21-3)11-22-4;1-17(2)11-14-12(18(7-20-3)8-21-4)16-13(15-11)19(9-22-5)10-23-6;1-19-5-13-9-10(15(7-21-3)11(13)17)16(8-22-4)12(18)14(9)6-20-2;4*1-2/h5-9H,10-11H2,1-4H3;7-10H2,1-6H3;9-10H,5-8H2,1-4H3;4*1H2. The number of amides is 4. The summed E-state index contributed by atoms with van der Waals surface area (Å²) in [6.45, 7) is 10.1. The van der Waals surface area contributed by atoms with Crippen molar-refractivity contribution in [1.82, 2.24) is 49.5 Å². The number of ether oxygens (including phenoxy) is 10. The predicted octanol–water partition coefficient (Wildman–Crippen LogP) is 0.375. The zero-order chi connectivity index (χ0) is 57.5. The smallest absolute Gasteiger partial charge is 0.327 e. The van der Waals surface area contributed by atoms with Crippen LogP contribution < -0.4 is 24.5 Å². The number of urea groups is 2. The van der Waals surface area contributed by atoms with E-state index in [9.17, 15) is 9.59 Å². The molecule has 2 aromatic heterocycles. The van der Waals surface area contributed by atoms with E-state index in [1.807, 2.05) is 90.6 Å². The first-order valence-electron chi connectivity index (χ1n) is 21.7. The maximum absolute atomic E-state index is 12.6. The van der Waals surface area contributed by atoms with Crippen LogP contribution in [0.2, 0.25) is 0 Å². The van der Waals surface area contributed by atoms with Crippen molar-refractivity contribution in [2.45, 2.75) is 12.3 Å². The molecule has 0 radical (unpaired) electrons. The molecule has 0 saturated carbocycles. The number of carbonyl (C=O) groups is 6. The van der Waals surface area contributed by atoms with Gasteiger partial charge >= 0.3 is 12.1 Å². The summed E-state index contributed by atoms with van der Waals surface area (Å²) in [6, 6.07) is 9.26. The highest BCUT2D eigenvalue weighted by atomic mass is 16.5. The van der Waals surface area contributed by atoms with Crippen LogP contribution in [0.25, 0.3) is 11.4 Å². The van der Waals surface area contributed by atoms with Crippen LogP contribution in [0, 0.1) is 0 Å². The highest BCUT2D eigenvalue weighted by Gasteiger charge is 2.59. The second-order valence-electron chi connectivity index (χ2n) is 14.7. The van der Waals surface area contributed by atoms with Gasteiger partial charge in [-0.3, -0.25) is 34.3 Å². The lowest BCUT2D eigenvalue weighted by Gasteiger charge is -2.28. The molecule has 0 spiro atoms. The van der Waals surface area contributed by atoms with E-state index in [1.54, 1.807) is 62.3 Å². The third-order valence-corrected chi connectivity index (χ3v) is 9.20. The molecular weight excluding hydrogens is 995 g/mol. The van der Waals surface area contributed by atoms with Crippen LogP contribution in [0.3, 0.4) is 0 Å². The molecule has 424 valence electrons. The number of rotatable bonds is 26. The van der Waals surface area contributed by atoms with Crippen LogP contribution in [0.4, 0.5) is 39.3 Å². The van der Waals surface area contributed by atoms with E-state index in [0.29, 0.717) is 76.0 Å². The van der Waals surface area contributed by atoms with Gasteiger partial charge in [0.05, 0.1) is 0 Å². The Morgan fingerprint density at radius 3 is 0.880 bits per heavy atom. The largest absolute Gasteiger partial charge is 0.364 e. The molecule has 2 aliphatic heterocycles. The molecular formula is C44H77N15O16. The van der Waals surface area contributed by atoms with E-state index in [0.717, 1.165) is 5.56 Å². The summed E-state index contributed by atoms with van der Waals surface area (Å²) >= 11 is 0. The minimum absolute atomic E-state index is 0.0640. The van der Waals surface area contributed by atoms with Gasteiger partial charge in [0.15, 0.2) is 18.2 Å². The minimum Gasteiger partial charge on any atom is -0.364 e. The van der Waals surface area contributed by atoms with Crippen molar-refractivity contribution in [3.8, 4) is 11.4 Å². The van der Waals surface area contributed by atoms with Crippen molar-refractivity contribution >= 4 is 69.0 Å². The lowest BCUT2D eigenvalue weighted by atomic mass is 10.2. The van der Waals surface area contributed by atoms with Gasteiger partial charge in [0.2, 0.25) is 29.7 Å². The monoisotopic (exact) mass is 1070 g/mol. The average molecular weight is 1070 g/mol. The van der Waals surface area contributed by atoms with Crippen molar-refractivity contribution in [1.29, 1.82) is 0 Å². The second-order valence-corrected chi connectivity index (χ2v) is 14.7. The predicted molar refractivity (Wildman–Crippen MR) is 274 cm³/mol. The lowest BCUT2D eigenvalue weighted by molar-refractivity contribution is -0.0987. The Morgan fingerprint density at radius 1 is 0.387 bits per heavy atom. The van der Waals surface area contributed by atoms with Gasteiger partial charge in [-0.05, 0) is 0 Å². The van der Waals surface area contributed by atoms with Gasteiger partial charge < -0.3 is 76.3 Å². The Hall–Kier alpha value is -6.94. The summed E-state index contributed by atoms with van der Waals surface area (Å²) in [4.78, 5) is 98.7. The highest BCUT2D eigenvalue weighted by Crippen LogP contribution is 2.35. The minimum atomic E-state index is -0.523. The molecule has 0 aliphatic carbocycles. The zero-order valence-corrected chi connectivity index (χ0v) is 45.7. The second kappa shape index (κ2) is 41.4. The summed E-state index contributed by atoms with van der Waals surface area (Å²) in [5.74, 6) is 3.12. The molecule has 0 N–H and O–H groups in total. The van der Waals surface area contributed by atoms with Crippen molar-refractivity contribution in [3.05, 3.63) is 30.3 Å². The van der Waals surface area contributed by atoms with Gasteiger partial charge in [0, 0.05) is 105 Å². The van der Waals surface area contributed by atoms with Crippen molar-refractivity contribution in [2.24, 2.45) is 0 Å². The molecule has 75 heavy (non-hydrogen) atoms. The van der Waals surface area contributed by atoms with Crippen LogP contribution in [-0.4, -0.2) is 268 Å². The summed E-state index contributed by atoms with van der Waals surface area (Å²) in [5, 5.41) is 0. The number of fused-ring (bicyclic) bond motifs is 1. The topological polar surface area (TPSA) is 301 Å². The molecule has 3 aromatic rings. The molecule has 31 nitrogen and oxygen atoms in total. The van der Waals surface area contributed by atoms with E-state index < -0.39 is 12.3 Å². The third-order valence-electron chi connectivity index (χ3n) is 9.20. The number of carbonyl (C=O) groups excluding carboxylic acids is 6. The van der Waals surface area contributed by atoms with Crippen LogP contribution in [0.15, 0.2) is 30.3 Å². The van der Waals surface area contributed by atoms with Crippen molar-refractivity contribution < 1.29 is 76.1 Å². The first-order valence-corrected chi connectivity index (χ1v) is 21.7. The van der Waals surface area contributed by atoms with Crippen LogP contribution in [-0.2, 0) is 66.5 Å². The first-order chi connectivity index (χ1) is 36.3. The molecule has 2 aliphatic rings. The number of hydrogen-bond acceptors (Lipinski definition) is 27. The van der Waals surface area contributed by atoms with Crippen molar-refractivity contribution in [2.75, 3.05) is 191 Å². The quantitative estimate of drug-likeness (QED) is 0.0981. The molecule has 4 amide bonds. The molecule has 31 heteroatoms. The number of aromatic nitrogens is 6. The summed E-state index contributed by atoms with van der Waals surface area (Å²) in [6.07, 6.45) is -1.05. The number of methoxy groups -OCH3 is 10. The Labute approximate surface area is 439 Å². The third kappa shape index (κ3) is 21.4. The molecule has 1 aromatic carbocycles. The van der Waals surface area contributed by atoms with Crippen LogP contribution in [0.5, 0.6) is 0 Å². The molecule has 2 saturated heterocycles. The van der Waals surface area contributed by atoms with E-state index in [2.05, 4.69) is 29.9 Å². The van der Waals surface area contributed by atoms with E-state index >= 15 is 0 Å². The summed E-state index contributed by atoms with van der Waals surface area (Å²) in [5.41, 5.74) is 0.934. The van der Waals surface area contributed by atoms with E-state index in [4.69, 9.17) is 66.5 Å². The number of benzene rings is 1. The lowest BCUT2D eigenvalue weighted by Crippen LogP contribution is -2.48. The Kier molecular flexibility index (Phi) is 38.7. The summed E-state index contributed by atoms with van der Waals surface area (Å²) in [7, 11) is 23.1. The Balaban J connectivity index is 0. The van der Waals surface area contributed by atoms with Crippen LogP contribution in [0.1, 0.15) is 0 Å². The fraction of sp³-hybridized carbons (Fsp3) is 0.591. The van der Waals surface area contributed by atoms with Crippen molar-refractivity contribution in [3.63, 3.8) is 0 Å². The molecule has 2 fully saturated rings. The molecule has 4 heterocycles. The molecule has 0 atom stereocenters. The van der Waals surface area contributed by atoms with E-state index in [-0.39, 0.29) is 39.0 Å². The fourth-order valence-corrected chi connectivity index (χ4v) is 6.48. The van der Waals surface area contributed by atoms with Gasteiger partial charge in [-0.25, -0.2) is 9.59 Å². The number of anilines is 5. The average Bonchev–Trinajstić information content (AvgIpc) is 3.85.